The number of H-pyrrole nitrogens is 1. The van der Waals surface area contributed by atoms with Gasteiger partial charge < -0.3 is 4.98 Å². The maximum Gasteiger partial charge on any atom is 0.102 e. The number of rotatable bonds is 0. The van der Waals surface area contributed by atoms with Gasteiger partial charge in [0.25, 0.3) is 0 Å². The molecular formula is C4H6FeN2. The molecule has 1 aromatic heterocycles. The Kier molecular flexibility index (Phi) is 2.72. The predicted molar refractivity (Wildman–Crippen MR) is 23.3 cm³/mol. The maximum absolute atomic E-state index is 3.86. The van der Waals surface area contributed by atoms with E-state index in [4.69, 9.17) is 0 Å². The Labute approximate surface area is 52.8 Å². The summed E-state index contributed by atoms with van der Waals surface area (Å²) in [5.41, 5.74) is 0. The number of hydrogen-bond donors (Lipinski definition) is 1. The topological polar surface area (TPSA) is 28.7 Å². The summed E-state index contributed by atoms with van der Waals surface area (Å²) in [6.07, 6.45) is 3.53. The molecular weight excluding hydrogens is 132 g/mol. The molecule has 0 saturated carbocycles. The Hall–Kier alpha value is -0.271. The molecule has 0 bridgehead atoms. The first-order valence-corrected chi connectivity index (χ1v) is 1.85. The fourth-order valence-electron chi connectivity index (χ4n) is 0.344. The van der Waals surface area contributed by atoms with Crippen LogP contribution in [-0.2, 0) is 17.1 Å². The Balaban J connectivity index is 0.000000360. The third-order valence-electron chi connectivity index (χ3n) is 0.635. The minimum Gasteiger partial charge on any atom is -0.349 e. The average molecular weight is 138 g/mol. The summed E-state index contributed by atoms with van der Waals surface area (Å²) >= 11 is 0. The van der Waals surface area contributed by atoms with E-state index in [1.165, 1.54) is 0 Å². The number of nitrogens with one attached hydrogen (secondary N) is 1. The minimum absolute atomic E-state index is 0. The van der Waals surface area contributed by atoms with E-state index in [0.717, 1.165) is 5.82 Å². The summed E-state index contributed by atoms with van der Waals surface area (Å²) in [6, 6.07) is 0. The first-order chi connectivity index (χ1) is 2.89. The SMILES string of the molecule is Cc1ncc[nH]1.[Fe]. The van der Waals surface area contributed by atoms with E-state index >= 15 is 0 Å². The normalized spacial score (nSPS) is 7.57. The second kappa shape index (κ2) is 2.83. The monoisotopic (exact) mass is 138 g/mol. The van der Waals surface area contributed by atoms with Crippen LogP contribution in [0, 0.1) is 6.92 Å². The van der Waals surface area contributed by atoms with Gasteiger partial charge >= 0.3 is 0 Å². The van der Waals surface area contributed by atoms with Crippen molar-refractivity contribution >= 4 is 0 Å². The van der Waals surface area contributed by atoms with Gasteiger partial charge in [0.05, 0.1) is 0 Å². The fourth-order valence-corrected chi connectivity index (χ4v) is 0.344. The van der Waals surface area contributed by atoms with E-state index < -0.39 is 0 Å². The van der Waals surface area contributed by atoms with Crippen LogP contribution in [0.15, 0.2) is 12.4 Å². The summed E-state index contributed by atoms with van der Waals surface area (Å²) in [4.78, 5) is 6.75. The zero-order chi connectivity index (χ0) is 4.41. The third kappa shape index (κ3) is 1.76. The molecule has 0 aromatic carbocycles. The van der Waals surface area contributed by atoms with E-state index in [1.54, 1.807) is 12.4 Å². The Bertz CT molecular complexity index is 113. The Morgan fingerprint density at radius 3 is 2.57 bits per heavy atom. The second-order valence-electron chi connectivity index (χ2n) is 1.17. The van der Waals surface area contributed by atoms with Crippen molar-refractivity contribution < 1.29 is 17.1 Å². The van der Waals surface area contributed by atoms with Crippen molar-refractivity contribution in [1.82, 2.24) is 9.97 Å². The summed E-state index contributed by atoms with van der Waals surface area (Å²) in [5.74, 6) is 0.968. The molecule has 1 heterocycles. The quantitative estimate of drug-likeness (QED) is 0.525. The molecule has 2 nitrogen and oxygen atoms in total. The first-order valence-electron chi connectivity index (χ1n) is 1.85. The molecule has 0 aliphatic heterocycles. The number of aromatic amines is 1. The number of aromatic nitrogens is 2. The van der Waals surface area contributed by atoms with Crippen molar-refractivity contribution in [3.63, 3.8) is 0 Å². The molecule has 0 amide bonds. The molecule has 0 atom stereocenters. The zero-order valence-corrected chi connectivity index (χ0v) is 5.06. The van der Waals surface area contributed by atoms with Crippen molar-refractivity contribution in [2.75, 3.05) is 0 Å². The zero-order valence-electron chi connectivity index (χ0n) is 3.96. The van der Waals surface area contributed by atoms with E-state index in [-0.39, 0.29) is 17.1 Å². The molecule has 0 radical (unpaired) electrons. The van der Waals surface area contributed by atoms with Crippen molar-refractivity contribution in [2.45, 2.75) is 6.92 Å². The van der Waals surface area contributed by atoms with Gasteiger partial charge in [-0.1, -0.05) is 0 Å². The van der Waals surface area contributed by atoms with Crippen LogP contribution in [0.5, 0.6) is 0 Å². The average Bonchev–Trinajstić information content (AvgIpc) is 1.86. The molecule has 1 N–H and O–H groups in total. The van der Waals surface area contributed by atoms with E-state index in [2.05, 4.69) is 9.97 Å². The van der Waals surface area contributed by atoms with E-state index in [1.807, 2.05) is 6.92 Å². The van der Waals surface area contributed by atoms with Crippen molar-refractivity contribution in [2.24, 2.45) is 0 Å². The standard InChI is InChI=1S/C4H6N2.Fe/c1-4-5-2-3-6-4;/h2-3H,1H3,(H,5,6);. The second-order valence-corrected chi connectivity index (χ2v) is 1.17. The Morgan fingerprint density at radius 2 is 2.43 bits per heavy atom. The van der Waals surface area contributed by atoms with Gasteiger partial charge in [-0.3, -0.25) is 0 Å². The molecule has 1 rings (SSSR count). The van der Waals surface area contributed by atoms with Crippen LogP contribution in [0.1, 0.15) is 5.82 Å². The van der Waals surface area contributed by atoms with Crippen LogP contribution in [0.2, 0.25) is 0 Å². The van der Waals surface area contributed by atoms with Gasteiger partial charge in [-0.2, -0.15) is 0 Å². The molecule has 0 spiro atoms. The van der Waals surface area contributed by atoms with Gasteiger partial charge in [0.2, 0.25) is 0 Å². The van der Waals surface area contributed by atoms with Crippen LogP contribution < -0.4 is 0 Å². The minimum atomic E-state index is 0. The van der Waals surface area contributed by atoms with Crippen LogP contribution >= 0.6 is 0 Å². The van der Waals surface area contributed by atoms with E-state index in [9.17, 15) is 0 Å². The molecule has 0 aliphatic carbocycles. The molecule has 7 heavy (non-hydrogen) atoms. The van der Waals surface area contributed by atoms with Gasteiger partial charge in [0.1, 0.15) is 5.82 Å². The molecule has 0 saturated heterocycles. The van der Waals surface area contributed by atoms with Crippen LogP contribution in [-0.4, -0.2) is 9.97 Å². The summed E-state index contributed by atoms with van der Waals surface area (Å²) in [7, 11) is 0. The first kappa shape index (κ1) is 6.73. The van der Waals surface area contributed by atoms with Gasteiger partial charge in [0, 0.05) is 29.5 Å². The number of hydrogen-bond acceptors (Lipinski definition) is 1. The predicted octanol–water partition coefficient (Wildman–Crippen LogP) is 0.716. The molecule has 3 heteroatoms. The molecule has 40 valence electrons. The van der Waals surface area contributed by atoms with Gasteiger partial charge in [-0.05, 0) is 6.92 Å². The van der Waals surface area contributed by atoms with Crippen LogP contribution in [0.25, 0.3) is 0 Å². The molecule has 0 aliphatic rings. The number of imidazole rings is 1. The number of nitrogens with zero attached hydrogens (tertiary/aromatic N) is 1. The maximum atomic E-state index is 3.86. The summed E-state index contributed by atoms with van der Waals surface area (Å²) < 4.78 is 0. The smallest absolute Gasteiger partial charge is 0.102 e. The molecule has 0 fully saturated rings. The van der Waals surface area contributed by atoms with Crippen molar-refractivity contribution in [1.29, 1.82) is 0 Å². The van der Waals surface area contributed by atoms with Crippen LogP contribution in [0.3, 0.4) is 0 Å². The Morgan fingerprint density at radius 1 is 1.71 bits per heavy atom. The van der Waals surface area contributed by atoms with E-state index in [0.29, 0.717) is 0 Å². The number of aryl methyl sites for hydroxylation is 1. The van der Waals surface area contributed by atoms with Gasteiger partial charge in [-0.15, -0.1) is 0 Å². The largest absolute Gasteiger partial charge is 0.349 e. The van der Waals surface area contributed by atoms with Crippen molar-refractivity contribution in [3.8, 4) is 0 Å². The van der Waals surface area contributed by atoms with Gasteiger partial charge in [-0.25, -0.2) is 4.98 Å². The summed E-state index contributed by atoms with van der Waals surface area (Å²) in [5, 5.41) is 0. The molecule has 1 aromatic rings. The van der Waals surface area contributed by atoms with Crippen LogP contribution in [0.4, 0.5) is 0 Å². The summed E-state index contributed by atoms with van der Waals surface area (Å²) in [6.45, 7) is 1.92. The molecule has 0 unspecified atom stereocenters. The third-order valence-corrected chi connectivity index (χ3v) is 0.635. The van der Waals surface area contributed by atoms with Gasteiger partial charge in [0.15, 0.2) is 0 Å². The van der Waals surface area contributed by atoms with Crippen molar-refractivity contribution in [3.05, 3.63) is 18.2 Å². The fraction of sp³-hybridized carbons (Fsp3) is 0.250.